The SMILES string of the molecule is O=[SH](=O)C[C@H]1OPN2CCC[C@@H]12. The molecule has 2 saturated heterocycles. The summed E-state index contributed by atoms with van der Waals surface area (Å²) in [5.74, 6) is 0.198. The minimum Gasteiger partial charge on any atom is -0.340 e. The van der Waals surface area contributed by atoms with Crippen LogP contribution >= 0.6 is 8.96 Å². The lowest BCUT2D eigenvalue weighted by Crippen LogP contribution is -2.30. The predicted octanol–water partition coefficient (Wildman–Crippen LogP) is -0.0305. The number of rotatable bonds is 2. The van der Waals surface area contributed by atoms with Gasteiger partial charge in [-0.05, 0) is 12.8 Å². The second-order valence-corrected chi connectivity index (χ2v) is 5.19. The van der Waals surface area contributed by atoms with Gasteiger partial charge < -0.3 is 4.52 Å². The van der Waals surface area contributed by atoms with Crippen molar-refractivity contribution in [2.24, 2.45) is 0 Å². The molecule has 2 fully saturated rings. The molecule has 70 valence electrons. The highest BCUT2D eigenvalue weighted by Gasteiger charge is 2.38. The molecule has 0 aromatic carbocycles. The van der Waals surface area contributed by atoms with E-state index in [9.17, 15) is 8.42 Å². The van der Waals surface area contributed by atoms with Gasteiger partial charge in [0, 0.05) is 12.6 Å². The van der Waals surface area contributed by atoms with E-state index in [-0.39, 0.29) is 11.9 Å². The summed E-state index contributed by atoms with van der Waals surface area (Å²) in [6.45, 7) is 1.08. The fourth-order valence-corrected chi connectivity index (χ4v) is 3.76. The van der Waals surface area contributed by atoms with Crippen molar-refractivity contribution in [3.63, 3.8) is 0 Å². The molecule has 0 aromatic rings. The fraction of sp³-hybridized carbons (Fsp3) is 1.00. The average molecular weight is 209 g/mol. The molecule has 0 aromatic heterocycles. The molecule has 0 amide bonds. The van der Waals surface area contributed by atoms with Gasteiger partial charge in [0.05, 0.1) is 20.8 Å². The van der Waals surface area contributed by atoms with Crippen LogP contribution in [0.5, 0.6) is 0 Å². The van der Waals surface area contributed by atoms with Crippen molar-refractivity contribution in [1.29, 1.82) is 0 Å². The van der Waals surface area contributed by atoms with Crippen LogP contribution in [0.15, 0.2) is 0 Å². The first-order valence-corrected chi connectivity index (χ1v) is 6.29. The van der Waals surface area contributed by atoms with Crippen LogP contribution in [0.3, 0.4) is 0 Å². The van der Waals surface area contributed by atoms with Gasteiger partial charge in [-0.15, -0.1) is 0 Å². The lowest BCUT2D eigenvalue weighted by atomic mass is 10.1. The summed E-state index contributed by atoms with van der Waals surface area (Å²) >= 11 is 0. The molecule has 2 aliphatic rings. The zero-order valence-electron chi connectivity index (χ0n) is 6.60. The third-order valence-corrected chi connectivity index (χ3v) is 4.23. The Labute approximate surface area is 75.1 Å². The molecule has 0 saturated carbocycles. The van der Waals surface area contributed by atoms with Crippen molar-refractivity contribution in [2.75, 3.05) is 12.3 Å². The van der Waals surface area contributed by atoms with Gasteiger partial charge in [0.1, 0.15) is 10.7 Å². The second kappa shape index (κ2) is 3.58. The fourth-order valence-electron chi connectivity index (χ4n) is 1.81. The maximum Gasteiger partial charge on any atom is 0.142 e. The highest BCUT2D eigenvalue weighted by Crippen LogP contribution is 2.41. The minimum atomic E-state index is -2.28. The quantitative estimate of drug-likeness (QED) is 0.512. The molecule has 12 heavy (non-hydrogen) atoms. The largest absolute Gasteiger partial charge is 0.340 e. The molecule has 2 rings (SSSR count). The first-order valence-electron chi connectivity index (χ1n) is 4.07. The van der Waals surface area contributed by atoms with Crippen LogP contribution in [0.4, 0.5) is 0 Å². The van der Waals surface area contributed by atoms with E-state index in [1.54, 1.807) is 0 Å². The molecule has 0 aliphatic carbocycles. The standard InChI is InChI=1S/C6H12NO3PS/c8-12(9)4-6-5-2-1-3-7(5)11-10-6/h5-6,11-12H,1-4H2/t5-,6+/m0/s1. The maximum absolute atomic E-state index is 10.5. The lowest BCUT2D eigenvalue weighted by molar-refractivity contribution is 0.236. The monoisotopic (exact) mass is 209 g/mol. The van der Waals surface area contributed by atoms with E-state index in [1.165, 1.54) is 6.42 Å². The first kappa shape index (κ1) is 8.88. The molecule has 4 nitrogen and oxygen atoms in total. The van der Waals surface area contributed by atoms with Crippen LogP contribution in [0.1, 0.15) is 12.8 Å². The molecular formula is C6H12NO3PS. The number of nitrogens with zero attached hydrogens (tertiary/aromatic N) is 1. The van der Waals surface area contributed by atoms with E-state index in [4.69, 9.17) is 4.52 Å². The Hall–Kier alpha value is 0.300. The smallest absolute Gasteiger partial charge is 0.142 e. The third kappa shape index (κ3) is 1.64. The average Bonchev–Trinajstić information content (AvgIpc) is 2.52. The van der Waals surface area contributed by atoms with Crippen LogP contribution in [0.2, 0.25) is 0 Å². The zero-order valence-corrected chi connectivity index (χ0v) is 8.50. The number of thiol groups is 1. The van der Waals surface area contributed by atoms with Gasteiger partial charge >= 0.3 is 0 Å². The van der Waals surface area contributed by atoms with Gasteiger partial charge in [0.25, 0.3) is 0 Å². The third-order valence-electron chi connectivity index (χ3n) is 2.38. The summed E-state index contributed by atoms with van der Waals surface area (Å²) in [5.41, 5.74) is 0. The summed E-state index contributed by atoms with van der Waals surface area (Å²) in [4.78, 5) is 0. The van der Waals surface area contributed by atoms with E-state index in [0.717, 1.165) is 13.0 Å². The molecule has 3 atom stereocenters. The Morgan fingerprint density at radius 2 is 2.42 bits per heavy atom. The van der Waals surface area contributed by atoms with Gasteiger partial charge in [-0.3, -0.25) is 4.67 Å². The maximum atomic E-state index is 10.5. The van der Waals surface area contributed by atoms with E-state index in [2.05, 4.69) is 4.67 Å². The Bertz CT molecular complexity index is 237. The molecule has 1 unspecified atom stereocenters. The highest BCUT2D eigenvalue weighted by atomic mass is 32.2. The number of fused-ring (bicyclic) bond motifs is 1. The van der Waals surface area contributed by atoms with E-state index in [0.29, 0.717) is 15.0 Å². The molecule has 6 heteroatoms. The van der Waals surface area contributed by atoms with Gasteiger partial charge in [0.15, 0.2) is 0 Å². The molecule has 0 spiro atoms. The van der Waals surface area contributed by atoms with Gasteiger partial charge in [0.2, 0.25) is 0 Å². The number of hydrogen-bond donors (Lipinski definition) is 1. The van der Waals surface area contributed by atoms with Crippen molar-refractivity contribution >= 4 is 19.7 Å². The van der Waals surface area contributed by atoms with Gasteiger partial charge in [-0.2, -0.15) is 0 Å². The zero-order chi connectivity index (χ0) is 8.55. The van der Waals surface area contributed by atoms with E-state index < -0.39 is 10.7 Å². The topological polar surface area (TPSA) is 46.6 Å². The van der Waals surface area contributed by atoms with E-state index in [1.807, 2.05) is 0 Å². The van der Waals surface area contributed by atoms with E-state index >= 15 is 0 Å². The second-order valence-electron chi connectivity index (χ2n) is 3.17. The highest BCUT2D eigenvalue weighted by molar-refractivity contribution is 7.72. The summed E-state index contributed by atoms with van der Waals surface area (Å²) < 4.78 is 28.6. The predicted molar refractivity (Wildman–Crippen MR) is 48.1 cm³/mol. The number of hydrogen-bond acceptors (Lipinski definition) is 4. The van der Waals surface area contributed by atoms with Gasteiger partial charge in [-0.1, -0.05) is 0 Å². The molecular weight excluding hydrogens is 197 g/mol. The molecule has 2 aliphatic heterocycles. The van der Waals surface area contributed by atoms with Crippen LogP contribution < -0.4 is 0 Å². The summed E-state index contributed by atoms with van der Waals surface area (Å²) in [6.07, 6.45) is 2.24. The molecule has 2 heterocycles. The normalized spacial score (nSPS) is 38.1. The van der Waals surface area contributed by atoms with Crippen LogP contribution in [0, 0.1) is 0 Å². The Balaban J connectivity index is 1.99. The summed E-state index contributed by atoms with van der Waals surface area (Å²) in [5, 5.41) is 0. The Morgan fingerprint density at radius 1 is 1.58 bits per heavy atom. The van der Waals surface area contributed by atoms with Crippen molar-refractivity contribution < 1.29 is 12.9 Å². The van der Waals surface area contributed by atoms with Crippen molar-refractivity contribution in [3.05, 3.63) is 0 Å². The first-order chi connectivity index (χ1) is 5.77. The molecule has 0 N–H and O–H groups in total. The molecule has 0 bridgehead atoms. The van der Waals surface area contributed by atoms with Crippen LogP contribution in [-0.4, -0.2) is 37.5 Å². The Kier molecular flexibility index (Phi) is 2.65. The van der Waals surface area contributed by atoms with Crippen molar-refractivity contribution in [2.45, 2.75) is 25.0 Å². The van der Waals surface area contributed by atoms with Gasteiger partial charge in [-0.25, -0.2) is 8.42 Å². The van der Waals surface area contributed by atoms with Crippen LogP contribution in [-0.2, 0) is 15.2 Å². The molecule has 0 radical (unpaired) electrons. The Morgan fingerprint density at radius 3 is 3.17 bits per heavy atom. The van der Waals surface area contributed by atoms with Crippen molar-refractivity contribution in [1.82, 2.24) is 4.67 Å². The van der Waals surface area contributed by atoms with Crippen LogP contribution in [0.25, 0.3) is 0 Å². The minimum absolute atomic E-state index is 0.0491. The summed E-state index contributed by atoms with van der Waals surface area (Å²) in [6, 6.07) is 0.385. The van der Waals surface area contributed by atoms with Crippen molar-refractivity contribution in [3.8, 4) is 0 Å². The lowest BCUT2D eigenvalue weighted by Gasteiger charge is -2.13. The summed E-state index contributed by atoms with van der Waals surface area (Å²) in [7, 11) is -1.89.